The van der Waals surface area contributed by atoms with Gasteiger partial charge < -0.3 is 14.5 Å². The standard InChI is InChI=1S/C12H20N2O2/c1-14(2)11(12-4-3-6-16-12)8-13-10-5-7-15-9-10/h3-4,6,10-11,13H,5,7-9H2,1-2H3. The van der Waals surface area contributed by atoms with Crippen LogP contribution in [0.3, 0.4) is 0 Å². The molecule has 2 unspecified atom stereocenters. The van der Waals surface area contributed by atoms with E-state index in [1.165, 1.54) is 0 Å². The lowest BCUT2D eigenvalue weighted by Crippen LogP contribution is -2.37. The molecule has 1 saturated heterocycles. The second-order valence-corrected chi connectivity index (χ2v) is 4.46. The van der Waals surface area contributed by atoms with Gasteiger partial charge in [0.1, 0.15) is 5.76 Å². The van der Waals surface area contributed by atoms with Gasteiger partial charge in [0.05, 0.1) is 18.9 Å². The van der Waals surface area contributed by atoms with E-state index in [4.69, 9.17) is 9.15 Å². The Bertz CT molecular complexity index is 292. The lowest BCUT2D eigenvalue weighted by atomic mass is 10.2. The molecule has 0 bridgehead atoms. The van der Waals surface area contributed by atoms with Crippen LogP contribution in [0.4, 0.5) is 0 Å². The molecule has 0 amide bonds. The maximum atomic E-state index is 5.46. The molecule has 0 aromatic carbocycles. The first kappa shape index (κ1) is 11.6. The van der Waals surface area contributed by atoms with Crippen molar-refractivity contribution in [1.29, 1.82) is 0 Å². The molecular formula is C12H20N2O2. The molecule has 0 aliphatic carbocycles. The highest BCUT2D eigenvalue weighted by molar-refractivity contribution is 5.05. The van der Waals surface area contributed by atoms with Crippen molar-refractivity contribution in [1.82, 2.24) is 10.2 Å². The molecule has 1 N–H and O–H groups in total. The topological polar surface area (TPSA) is 37.6 Å². The van der Waals surface area contributed by atoms with Gasteiger partial charge in [0.15, 0.2) is 0 Å². The number of hydrogen-bond donors (Lipinski definition) is 1. The normalized spacial score (nSPS) is 22.8. The van der Waals surface area contributed by atoms with Gasteiger partial charge in [-0.25, -0.2) is 0 Å². The Labute approximate surface area is 96.6 Å². The molecular weight excluding hydrogens is 204 g/mol. The molecule has 2 atom stereocenters. The predicted molar refractivity (Wildman–Crippen MR) is 62.4 cm³/mol. The molecule has 2 heterocycles. The summed E-state index contributed by atoms with van der Waals surface area (Å²) in [6.07, 6.45) is 2.84. The van der Waals surface area contributed by atoms with Gasteiger partial charge >= 0.3 is 0 Å². The van der Waals surface area contributed by atoms with E-state index in [1.54, 1.807) is 6.26 Å². The molecule has 2 rings (SSSR count). The maximum absolute atomic E-state index is 5.46. The number of likely N-dealkylation sites (N-methyl/N-ethyl adjacent to an activating group) is 1. The summed E-state index contributed by atoms with van der Waals surface area (Å²) < 4.78 is 10.8. The molecule has 4 heteroatoms. The fourth-order valence-corrected chi connectivity index (χ4v) is 1.99. The average Bonchev–Trinajstić information content (AvgIpc) is 2.88. The van der Waals surface area contributed by atoms with Gasteiger partial charge in [0.25, 0.3) is 0 Å². The van der Waals surface area contributed by atoms with E-state index in [1.807, 2.05) is 12.1 Å². The molecule has 1 aromatic heterocycles. The van der Waals surface area contributed by atoms with Crippen LogP contribution in [0.5, 0.6) is 0 Å². The van der Waals surface area contributed by atoms with Gasteiger partial charge in [-0.1, -0.05) is 0 Å². The van der Waals surface area contributed by atoms with E-state index in [-0.39, 0.29) is 6.04 Å². The molecule has 0 spiro atoms. The summed E-state index contributed by atoms with van der Waals surface area (Å²) in [4.78, 5) is 2.17. The van der Waals surface area contributed by atoms with Crippen molar-refractivity contribution in [3.63, 3.8) is 0 Å². The van der Waals surface area contributed by atoms with Crippen LogP contribution in [0, 0.1) is 0 Å². The number of nitrogens with one attached hydrogen (secondary N) is 1. The van der Waals surface area contributed by atoms with Crippen LogP contribution in [0.1, 0.15) is 18.2 Å². The Morgan fingerprint density at radius 1 is 1.56 bits per heavy atom. The zero-order chi connectivity index (χ0) is 11.4. The van der Waals surface area contributed by atoms with Gasteiger partial charge in [-0.2, -0.15) is 0 Å². The maximum Gasteiger partial charge on any atom is 0.122 e. The van der Waals surface area contributed by atoms with Crippen LogP contribution in [0.25, 0.3) is 0 Å². The highest BCUT2D eigenvalue weighted by Gasteiger charge is 2.20. The third-order valence-electron chi connectivity index (χ3n) is 3.02. The third kappa shape index (κ3) is 2.84. The fraction of sp³-hybridized carbons (Fsp3) is 0.667. The van der Waals surface area contributed by atoms with Crippen molar-refractivity contribution < 1.29 is 9.15 Å². The predicted octanol–water partition coefficient (Wildman–Crippen LogP) is 1.26. The average molecular weight is 224 g/mol. The van der Waals surface area contributed by atoms with E-state index in [0.717, 1.165) is 31.9 Å². The quantitative estimate of drug-likeness (QED) is 0.817. The molecule has 1 fully saturated rings. The molecule has 1 aliphatic heterocycles. The molecule has 1 aromatic rings. The van der Waals surface area contributed by atoms with Crippen molar-refractivity contribution in [3.8, 4) is 0 Å². The number of rotatable bonds is 5. The molecule has 1 aliphatic rings. The van der Waals surface area contributed by atoms with Crippen LogP contribution in [0.2, 0.25) is 0 Å². The Kier molecular flexibility index (Phi) is 3.98. The summed E-state index contributed by atoms with van der Waals surface area (Å²) in [6, 6.07) is 4.75. The Hall–Kier alpha value is -0.840. The van der Waals surface area contributed by atoms with Crippen molar-refractivity contribution in [2.45, 2.75) is 18.5 Å². The van der Waals surface area contributed by atoms with Gasteiger partial charge in [-0.05, 0) is 32.6 Å². The first-order valence-electron chi connectivity index (χ1n) is 5.78. The van der Waals surface area contributed by atoms with E-state index in [2.05, 4.69) is 24.3 Å². The Balaban J connectivity index is 1.88. The number of nitrogens with zero attached hydrogens (tertiary/aromatic N) is 1. The minimum Gasteiger partial charge on any atom is -0.468 e. The summed E-state index contributed by atoms with van der Waals surface area (Å²) in [7, 11) is 4.14. The van der Waals surface area contributed by atoms with Crippen LogP contribution in [-0.2, 0) is 4.74 Å². The molecule has 0 saturated carbocycles. The van der Waals surface area contributed by atoms with Crippen molar-refractivity contribution in [2.75, 3.05) is 33.9 Å². The van der Waals surface area contributed by atoms with Crippen LogP contribution in [-0.4, -0.2) is 44.8 Å². The van der Waals surface area contributed by atoms with E-state index in [9.17, 15) is 0 Å². The summed E-state index contributed by atoms with van der Waals surface area (Å²) in [5.41, 5.74) is 0. The van der Waals surface area contributed by atoms with Crippen LogP contribution < -0.4 is 5.32 Å². The minimum absolute atomic E-state index is 0.288. The second kappa shape index (κ2) is 5.48. The molecule has 90 valence electrons. The second-order valence-electron chi connectivity index (χ2n) is 4.46. The van der Waals surface area contributed by atoms with E-state index >= 15 is 0 Å². The zero-order valence-electron chi connectivity index (χ0n) is 9.98. The lowest BCUT2D eigenvalue weighted by molar-refractivity contribution is 0.185. The van der Waals surface area contributed by atoms with Gasteiger partial charge in [0.2, 0.25) is 0 Å². The SMILES string of the molecule is CN(C)C(CNC1CCOC1)c1ccco1. The van der Waals surface area contributed by atoms with E-state index in [0.29, 0.717) is 6.04 Å². The first-order valence-corrected chi connectivity index (χ1v) is 5.78. The Morgan fingerprint density at radius 3 is 3.00 bits per heavy atom. The van der Waals surface area contributed by atoms with Crippen molar-refractivity contribution >= 4 is 0 Å². The van der Waals surface area contributed by atoms with Crippen molar-refractivity contribution in [2.24, 2.45) is 0 Å². The zero-order valence-corrected chi connectivity index (χ0v) is 9.98. The number of hydrogen-bond acceptors (Lipinski definition) is 4. The summed E-state index contributed by atoms with van der Waals surface area (Å²) in [5.74, 6) is 1.01. The molecule has 0 radical (unpaired) electrons. The summed E-state index contributed by atoms with van der Waals surface area (Å²) in [5, 5.41) is 3.52. The number of furan rings is 1. The molecule has 4 nitrogen and oxygen atoms in total. The van der Waals surface area contributed by atoms with E-state index < -0.39 is 0 Å². The minimum atomic E-state index is 0.288. The largest absolute Gasteiger partial charge is 0.468 e. The van der Waals surface area contributed by atoms with Gasteiger partial charge in [-0.3, -0.25) is 4.90 Å². The summed E-state index contributed by atoms with van der Waals surface area (Å²) in [6.45, 7) is 2.61. The fourth-order valence-electron chi connectivity index (χ4n) is 1.99. The van der Waals surface area contributed by atoms with Gasteiger partial charge in [0, 0.05) is 19.2 Å². The van der Waals surface area contributed by atoms with Crippen LogP contribution in [0.15, 0.2) is 22.8 Å². The first-order chi connectivity index (χ1) is 7.77. The summed E-state index contributed by atoms with van der Waals surface area (Å²) >= 11 is 0. The lowest BCUT2D eigenvalue weighted by Gasteiger charge is -2.24. The monoisotopic (exact) mass is 224 g/mol. The molecule has 16 heavy (non-hydrogen) atoms. The van der Waals surface area contributed by atoms with Crippen molar-refractivity contribution in [3.05, 3.63) is 24.2 Å². The number of ether oxygens (including phenoxy) is 1. The van der Waals surface area contributed by atoms with Gasteiger partial charge in [-0.15, -0.1) is 0 Å². The smallest absolute Gasteiger partial charge is 0.122 e. The third-order valence-corrected chi connectivity index (χ3v) is 3.02. The highest BCUT2D eigenvalue weighted by Crippen LogP contribution is 2.18. The Morgan fingerprint density at radius 2 is 2.44 bits per heavy atom. The highest BCUT2D eigenvalue weighted by atomic mass is 16.5. The van der Waals surface area contributed by atoms with Crippen LogP contribution >= 0.6 is 0 Å².